The van der Waals surface area contributed by atoms with Gasteiger partial charge in [-0.15, -0.1) is 0 Å². The van der Waals surface area contributed by atoms with Gasteiger partial charge in [0.2, 0.25) is 0 Å². The Balaban J connectivity index is 1.61. The third-order valence-corrected chi connectivity index (χ3v) is 4.68. The molecule has 0 aliphatic heterocycles. The first-order valence-electron chi connectivity index (χ1n) is 7.17. The van der Waals surface area contributed by atoms with Crippen LogP contribution in [0.3, 0.4) is 0 Å². The molecule has 0 bridgehead atoms. The second kappa shape index (κ2) is 4.67. The molecule has 0 radical (unpaired) electrons. The minimum Gasteiger partial charge on any atom is -0.271 e. The van der Waals surface area contributed by atoms with Crippen molar-refractivity contribution in [1.29, 1.82) is 0 Å². The van der Waals surface area contributed by atoms with Gasteiger partial charge in [0.1, 0.15) is 0 Å². The van der Waals surface area contributed by atoms with Gasteiger partial charge in [-0.25, -0.2) is 0 Å². The summed E-state index contributed by atoms with van der Waals surface area (Å²) in [5.74, 6) is 8.52. The standard InChI is InChI=1S/C14H24N4/c1-9(2)18-4-3-13(17-18)8-14(16-15)12-6-10-5-11(10)7-12/h3-4,9-12,14,16H,5-8,15H2,1-2H3. The lowest BCUT2D eigenvalue weighted by Gasteiger charge is -2.23. The summed E-state index contributed by atoms with van der Waals surface area (Å²) in [4.78, 5) is 0. The molecule has 3 rings (SSSR count). The van der Waals surface area contributed by atoms with E-state index in [1.54, 1.807) is 0 Å². The number of hydrogen-bond donors (Lipinski definition) is 2. The highest BCUT2D eigenvalue weighted by Gasteiger charge is 2.47. The van der Waals surface area contributed by atoms with Gasteiger partial charge in [0.05, 0.1) is 5.69 Å². The fourth-order valence-electron chi connectivity index (χ4n) is 3.45. The van der Waals surface area contributed by atoms with Crippen molar-refractivity contribution in [3.8, 4) is 0 Å². The lowest BCUT2D eigenvalue weighted by Crippen LogP contribution is -2.42. The summed E-state index contributed by atoms with van der Waals surface area (Å²) in [5, 5.41) is 4.62. The molecule has 18 heavy (non-hydrogen) atoms. The van der Waals surface area contributed by atoms with E-state index >= 15 is 0 Å². The zero-order chi connectivity index (χ0) is 12.7. The highest BCUT2D eigenvalue weighted by atomic mass is 15.3. The van der Waals surface area contributed by atoms with Crippen molar-refractivity contribution in [2.75, 3.05) is 0 Å². The maximum absolute atomic E-state index is 5.74. The van der Waals surface area contributed by atoms with Gasteiger partial charge in [-0.1, -0.05) is 0 Å². The predicted octanol–water partition coefficient (Wildman–Crippen LogP) is 1.88. The molecule has 0 spiro atoms. The average Bonchev–Trinajstić information content (AvgIpc) is 2.81. The second-order valence-electron chi connectivity index (χ2n) is 6.35. The molecule has 2 aliphatic carbocycles. The topological polar surface area (TPSA) is 55.9 Å². The average molecular weight is 248 g/mol. The van der Waals surface area contributed by atoms with Gasteiger partial charge in [0.15, 0.2) is 0 Å². The van der Waals surface area contributed by atoms with Crippen LogP contribution in [-0.4, -0.2) is 15.8 Å². The highest BCUT2D eigenvalue weighted by molar-refractivity contribution is 5.06. The third kappa shape index (κ3) is 2.31. The number of rotatable bonds is 5. The Bertz CT molecular complexity index is 402. The maximum atomic E-state index is 5.74. The molecule has 2 saturated carbocycles. The van der Waals surface area contributed by atoms with Crippen molar-refractivity contribution >= 4 is 0 Å². The molecular formula is C14H24N4. The van der Waals surface area contributed by atoms with E-state index < -0.39 is 0 Å². The van der Waals surface area contributed by atoms with Crippen LogP contribution in [-0.2, 0) is 6.42 Å². The maximum Gasteiger partial charge on any atom is 0.0640 e. The van der Waals surface area contributed by atoms with Gasteiger partial charge in [0.25, 0.3) is 0 Å². The fraction of sp³-hybridized carbons (Fsp3) is 0.786. The van der Waals surface area contributed by atoms with Crippen LogP contribution in [0.4, 0.5) is 0 Å². The highest BCUT2D eigenvalue weighted by Crippen LogP contribution is 2.55. The van der Waals surface area contributed by atoms with Crippen LogP contribution in [0, 0.1) is 17.8 Å². The second-order valence-corrected chi connectivity index (χ2v) is 6.35. The molecule has 1 heterocycles. The summed E-state index contributed by atoms with van der Waals surface area (Å²) >= 11 is 0. The Morgan fingerprint density at radius 1 is 1.39 bits per heavy atom. The molecule has 3 atom stereocenters. The number of nitrogens with zero attached hydrogens (tertiary/aromatic N) is 2. The molecule has 0 amide bonds. The minimum atomic E-state index is 0.397. The van der Waals surface area contributed by atoms with Crippen LogP contribution >= 0.6 is 0 Å². The largest absolute Gasteiger partial charge is 0.271 e. The van der Waals surface area contributed by atoms with Crippen LogP contribution in [0.25, 0.3) is 0 Å². The Labute approximate surface area is 109 Å². The molecule has 4 nitrogen and oxygen atoms in total. The van der Waals surface area contributed by atoms with Crippen molar-refractivity contribution in [2.24, 2.45) is 23.6 Å². The summed E-state index contributed by atoms with van der Waals surface area (Å²) in [7, 11) is 0. The third-order valence-electron chi connectivity index (χ3n) is 4.68. The SMILES string of the molecule is CC(C)n1ccc(CC(NN)C2CC3CC3C2)n1. The molecule has 0 saturated heterocycles. The van der Waals surface area contributed by atoms with E-state index in [1.807, 2.05) is 4.68 Å². The van der Waals surface area contributed by atoms with Gasteiger partial charge >= 0.3 is 0 Å². The quantitative estimate of drug-likeness (QED) is 0.618. The van der Waals surface area contributed by atoms with Crippen molar-refractivity contribution in [2.45, 2.75) is 51.6 Å². The van der Waals surface area contributed by atoms with Crippen LogP contribution in [0.1, 0.15) is 44.8 Å². The summed E-state index contributed by atoms with van der Waals surface area (Å²) < 4.78 is 2.02. The van der Waals surface area contributed by atoms with Crippen molar-refractivity contribution in [1.82, 2.24) is 15.2 Å². The van der Waals surface area contributed by atoms with Gasteiger partial charge < -0.3 is 0 Å². The zero-order valence-electron chi connectivity index (χ0n) is 11.3. The van der Waals surface area contributed by atoms with Crippen LogP contribution in [0.15, 0.2) is 12.3 Å². The molecular weight excluding hydrogens is 224 g/mol. The molecule has 1 aromatic heterocycles. The van der Waals surface area contributed by atoms with Crippen molar-refractivity contribution < 1.29 is 0 Å². The van der Waals surface area contributed by atoms with Gasteiger partial charge in [-0.2, -0.15) is 5.10 Å². The Morgan fingerprint density at radius 2 is 2.11 bits per heavy atom. The fourth-order valence-corrected chi connectivity index (χ4v) is 3.45. The normalized spacial score (nSPS) is 31.7. The number of nitrogens with two attached hydrogens (primary N) is 1. The van der Waals surface area contributed by atoms with Crippen molar-refractivity contribution in [3.63, 3.8) is 0 Å². The smallest absolute Gasteiger partial charge is 0.0640 e. The molecule has 3 unspecified atom stereocenters. The van der Waals surface area contributed by atoms with E-state index in [0.29, 0.717) is 12.1 Å². The predicted molar refractivity (Wildman–Crippen MR) is 71.7 cm³/mol. The Hall–Kier alpha value is -0.870. The first-order chi connectivity index (χ1) is 8.67. The van der Waals surface area contributed by atoms with E-state index in [9.17, 15) is 0 Å². The van der Waals surface area contributed by atoms with Gasteiger partial charge in [-0.05, 0) is 56.9 Å². The lowest BCUT2D eigenvalue weighted by molar-refractivity contribution is 0.333. The van der Waals surface area contributed by atoms with E-state index in [0.717, 1.165) is 29.9 Å². The summed E-state index contributed by atoms with van der Waals surface area (Å²) in [6, 6.07) is 2.95. The zero-order valence-corrected chi connectivity index (χ0v) is 11.3. The first kappa shape index (κ1) is 12.2. The number of hydrogen-bond acceptors (Lipinski definition) is 3. The summed E-state index contributed by atoms with van der Waals surface area (Å²) in [6.07, 6.45) is 7.23. The van der Waals surface area contributed by atoms with E-state index in [2.05, 4.69) is 36.6 Å². The summed E-state index contributed by atoms with van der Waals surface area (Å²) in [6.45, 7) is 4.31. The summed E-state index contributed by atoms with van der Waals surface area (Å²) in [5.41, 5.74) is 4.18. The number of nitrogens with one attached hydrogen (secondary N) is 1. The van der Waals surface area contributed by atoms with Crippen LogP contribution < -0.4 is 11.3 Å². The van der Waals surface area contributed by atoms with E-state index in [1.165, 1.54) is 19.3 Å². The molecule has 1 aromatic rings. The first-order valence-corrected chi connectivity index (χ1v) is 7.17. The molecule has 4 heteroatoms. The molecule has 0 aromatic carbocycles. The van der Waals surface area contributed by atoms with E-state index in [-0.39, 0.29) is 0 Å². The van der Waals surface area contributed by atoms with Crippen molar-refractivity contribution in [3.05, 3.63) is 18.0 Å². The van der Waals surface area contributed by atoms with Gasteiger partial charge in [0, 0.05) is 24.7 Å². The van der Waals surface area contributed by atoms with Gasteiger partial charge in [-0.3, -0.25) is 16.0 Å². The van der Waals surface area contributed by atoms with E-state index in [4.69, 9.17) is 5.84 Å². The molecule has 2 aliphatic rings. The number of hydrazine groups is 1. The Morgan fingerprint density at radius 3 is 2.67 bits per heavy atom. The molecule has 2 fully saturated rings. The monoisotopic (exact) mass is 248 g/mol. The minimum absolute atomic E-state index is 0.397. The lowest BCUT2D eigenvalue weighted by atomic mass is 9.92. The van der Waals surface area contributed by atoms with Crippen LogP contribution in [0.5, 0.6) is 0 Å². The molecule has 100 valence electrons. The van der Waals surface area contributed by atoms with Crippen LogP contribution in [0.2, 0.25) is 0 Å². The molecule has 3 N–H and O–H groups in total. The number of fused-ring (bicyclic) bond motifs is 1. The number of aromatic nitrogens is 2. The Kier molecular flexibility index (Phi) is 3.16.